The lowest BCUT2D eigenvalue weighted by Crippen LogP contribution is -2.09. The van der Waals surface area contributed by atoms with Crippen molar-refractivity contribution in [3.05, 3.63) is 40.3 Å². The highest BCUT2D eigenvalue weighted by atomic mass is 16.1. The van der Waals surface area contributed by atoms with E-state index in [-0.39, 0.29) is 11.5 Å². The first-order valence-electron chi connectivity index (χ1n) is 4.65. The van der Waals surface area contributed by atoms with Crippen LogP contribution in [0, 0.1) is 0 Å². The van der Waals surface area contributed by atoms with Crippen LogP contribution in [0.1, 0.15) is 18.4 Å². The van der Waals surface area contributed by atoms with Gasteiger partial charge in [-0.2, -0.15) is 5.10 Å². The quantitative estimate of drug-likeness (QED) is 0.745. The first-order valence-corrected chi connectivity index (χ1v) is 4.65. The van der Waals surface area contributed by atoms with Gasteiger partial charge in [0.1, 0.15) is 6.29 Å². The highest BCUT2D eigenvalue weighted by molar-refractivity contribution is 5.86. The van der Waals surface area contributed by atoms with Gasteiger partial charge in [-0.15, -0.1) is 0 Å². The predicted octanol–water partition coefficient (Wildman–Crippen LogP) is 1.23. The van der Waals surface area contributed by atoms with Crippen LogP contribution in [0.15, 0.2) is 29.2 Å². The van der Waals surface area contributed by atoms with Gasteiger partial charge in [-0.25, -0.2) is 5.10 Å². The van der Waals surface area contributed by atoms with E-state index < -0.39 is 0 Å². The molecule has 1 aromatic carbocycles. The number of hydrogen-bond donors (Lipinski definition) is 1. The van der Waals surface area contributed by atoms with Gasteiger partial charge in [-0.3, -0.25) is 4.79 Å². The molecular weight excluding hydrogens is 192 g/mol. The fourth-order valence-electron chi connectivity index (χ4n) is 1.61. The molecule has 1 atom stereocenters. The normalized spacial score (nSPS) is 12.6. The number of nitrogens with zero attached hydrogens (tertiary/aromatic N) is 1. The van der Waals surface area contributed by atoms with Crippen molar-refractivity contribution in [1.29, 1.82) is 0 Å². The smallest absolute Gasteiger partial charge is 0.272 e. The molecule has 0 aliphatic carbocycles. The summed E-state index contributed by atoms with van der Waals surface area (Å²) in [5.41, 5.74) is 0.605. The Morgan fingerprint density at radius 1 is 1.40 bits per heavy atom. The monoisotopic (exact) mass is 202 g/mol. The molecule has 1 N–H and O–H groups in total. The third kappa shape index (κ3) is 1.54. The molecule has 2 aromatic rings. The lowest BCUT2D eigenvalue weighted by Gasteiger charge is -2.06. The van der Waals surface area contributed by atoms with Gasteiger partial charge in [0.2, 0.25) is 0 Å². The molecule has 0 amide bonds. The molecule has 2 rings (SSSR count). The molecule has 0 spiro atoms. The van der Waals surface area contributed by atoms with Crippen LogP contribution in [0.4, 0.5) is 0 Å². The molecule has 0 saturated carbocycles. The second-order valence-electron chi connectivity index (χ2n) is 3.43. The topological polar surface area (TPSA) is 62.8 Å². The Morgan fingerprint density at radius 3 is 2.93 bits per heavy atom. The van der Waals surface area contributed by atoms with Gasteiger partial charge >= 0.3 is 0 Å². The standard InChI is InChI=1S/C11H10N2O2/c1-7(6-14)8-3-2-4-9-10(8)5-12-13-11(9)15/h2-7H,1H3,(H,13,15). The number of carbonyl (C=O) groups is 1. The number of aromatic nitrogens is 2. The summed E-state index contributed by atoms with van der Waals surface area (Å²) in [6, 6.07) is 5.33. The SMILES string of the molecule is CC(C=O)c1cccc2c(=O)[nH]ncc12. The lowest BCUT2D eigenvalue weighted by molar-refractivity contribution is -0.108. The highest BCUT2D eigenvalue weighted by Gasteiger charge is 2.09. The number of rotatable bonds is 2. The summed E-state index contributed by atoms with van der Waals surface area (Å²) in [6.45, 7) is 1.79. The molecule has 4 heteroatoms. The van der Waals surface area contributed by atoms with Crippen molar-refractivity contribution in [2.45, 2.75) is 12.8 Å². The number of nitrogens with one attached hydrogen (secondary N) is 1. The van der Waals surface area contributed by atoms with E-state index >= 15 is 0 Å². The Morgan fingerprint density at radius 2 is 2.20 bits per heavy atom. The minimum absolute atomic E-state index is 0.225. The summed E-state index contributed by atoms with van der Waals surface area (Å²) in [5.74, 6) is -0.225. The molecule has 1 unspecified atom stereocenters. The third-order valence-electron chi connectivity index (χ3n) is 2.44. The first-order chi connectivity index (χ1) is 7.24. The maximum absolute atomic E-state index is 11.4. The number of benzene rings is 1. The average Bonchev–Trinajstić information content (AvgIpc) is 2.28. The molecule has 0 radical (unpaired) electrons. The second-order valence-corrected chi connectivity index (χ2v) is 3.43. The van der Waals surface area contributed by atoms with Gasteiger partial charge in [0.15, 0.2) is 0 Å². The van der Waals surface area contributed by atoms with E-state index in [1.54, 1.807) is 25.3 Å². The van der Waals surface area contributed by atoms with Crippen molar-refractivity contribution in [3.8, 4) is 0 Å². The third-order valence-corrected chi connectivity index (χ3v) is 2.44. The summed E-state index contributed by atoms with van der Waals surface area (Å²) in [6.07, 6.45) is 2.43. The van der Waals surface area contributed by atoms with Gasteiger partial charge in [0.05, 0.1) is 11.6 Å². The molecule has 1 aromatic heterocycles. The summed E-state index contributed by atoms with van der Waals surface area (Å²) in [4.78, 5) is 22.2. The summed E-state index contributed by atoms with van der Waals surface area (Å²) >= 11 is 0. The minimum Gasteiger partial charge on any atom is -0.303 e. The number of aromatic amines is 1. The Balaban J connectivity index is 2.82. The van der Waals surface area contributed by atoms with Crippen molar-refractivity contribution in [2.24, 2.45) is 0 Å². The number of carbonyl (C=O) groups excluding carboxylic acids is 1. The zero-order chi connectivity index (χ0) is 10.8. The molecule has 1 heterocycles. The van der Waals surface area contributed by atoms with Crippen molar-refractivity contribution in [3.63, 3.8) is 0 Å². The Hall–Kier alpha value is -1.97. The predicted molar refractivity (Wildman–Crippen MR) is 56.8 cm³/mol. The lowest BCUT2D eigenvalue weighted by atomic mass is 9.98. The van der Waals surface area contributed by atoms with Crippen LogP contribution in [0.5, 0.6) is 0 Å². The molecule has 0 fully saturated rings. The van der Waals surface area contributed by atoms with E-state index in [1.165, 1.54) is 0 Å². The van der Waals surface area contributed by atoms with Gasteiger partial charge < -0.3 is 4.79 Å². The molecule has 4 nitrogen and oxygen atoms in total. The molecule has 0 aliphatic rings. The van der Waals surface area contributed by atoms with Crippen molar-refractivity contribution in [2.75, 3.05) is 0 Å². The van der Waals surface area contributed by atoms with Crippen LogP contribution in [0.2, 0.25) is 0 Å². The van der Waals surface area contributed by atoms with Crippen LogP contribution in [0.3, 0.4) is 0 Å². The average molecular weight is 202 g/mol. The molecule has 0 aliphatic heterocycles. The van der Waals surface area contributed by atoms with Gasteiger partial charge in [-0.05, 0) is 11.6 Å². The largest absolute Gasteiger partial charge is 0.303 e. The zero-order valence-electron chi connectivity index (χ0n) is 8.23. The van der Waals surface area contributed by atoms with E-state index in [0.29, 0.717) is 5.39 Å². The van der Waals surface area contributed by atoms with Crippen LogP contribution in [-0.4, -0.2) is 16.5 Å². The zero-order valence-corrected chi connectivity index (χ0v) is 8.23. The molecule has 15 heavy (non-hydrogen) atoms. The molecule has 76 valence electrons. The molecular formula is C11H10N2O2. The highest BCUT2D eigenvalue weighted by Crippen LogP contribution is 2.21. The number of H-pyrrole nitrogens is 1. The summed E-state index contributed by atoms with van der Waals surface area (Å²) in [7, 11) is 0. The van der Waals surface area contributed by atoms with Gasteiger partial charge in [0.25, 0.3) is 5.56 Å². The van der Waals surface area contributed by atoms with E-state index in [9.17, 15) is 9.59 Å². The van der Waals surface area contributed by atoms with Crippen LogP contribution >= 0.6 is 0 Å². The fraction of sp³-hybridized carbons (Fsp3) is 0.182. The molecule has 0 bridgehead atoms. The number of hydrogen-bond acceptors (Lipinski definition) is 3. The van der Waals surface area contributed by atoms with Gasteiger partial charge in [-0.1, -0.05) is 19.1 Å². The Labute approximate surface area is 85.9 Å². The maximum atomic E-state index is 11.4. The fourth-order valence-corrected chi connectivity index (χ4v) is 1.61. The van der Waals surface area contributed by atoms with Crippen LogP contribution in [-0.2, 0) is 4.79 Å². The summed E-state index contributed by atoms with van der Waals surface area (Å²) in [5, 5.41) is 7.40. The maximum Gasteiger partial charge on any atom is 0.272 e. The second kappa shape index (κ2) is 3.65. The van der Waals surface area contributed by atoms with Crippen LogP contribution < -0.4 is 5.56 Å². The van der Waals surface area contributed by atoms with E-state index in [1.807, 2.05) is 6.07 Å². The minimum atomic E-state index is -0.229. The van der Waals surface area contributed by atoms with E-state index in [2.05, 4.69) is 10.2 Å². The Kier molecular flexibility index (Phi) is 2.33. The van der Waals surface area contributed by atoms with Crippen LogP contribution in [0.25, 0.3) is 10.8 Å². The number of aldehydes is 1. The summed E-state index contributed by atoms with van der Waals surface area (Å²) < 4.78 is 0. The van der Waals surface area contributed by atoms with Crippen molar-refractivity contribution >= 4 is 17.1 Å². The van der Waals surface area contributed by atoms with Crippen molar-refractivity contribution < 1.29 is 4.79 Å². The van der Waals surface area contributed by atoms with E-state index in [4.69, 9.17) is 0 Å². The molecule has 0 saturated heterocycles. The van der Waals surface area contributed by atoms with Crippen molar-refractivity contribution in [1.82, 2.24) is 10.2 Å². The number of fused-ring (bicyclic) bond motifs is 1. The Bertz CT molecular complexity index is 560. The van der Waals surface area contributed by atoms with Gasteiger partial charge in [0, 0.05) is 11.3 Å². The first kappa shape index (κ1) is 9.58. The van der Waals surface area contributed by atoms with E-state index in [0.717, 1.165) is 17.2 Å².